The maximum Gasteiger partial charge on any atom is 0.128 e. The van der Waals surface area contributed by atoms with Crippen molar-refractivity contribution >= 4 is 22.7 Å². The number of ether oxygens (including phenoxy) is 1. The summed E-state index contributed by atoms with van der Waals surface area (Å²) in [7, 11) is 1.69. The molecule has 0 aliphatic heterocycles. The number of benzene rings is 3. The second-order valence-electron chi connectivity index (χ2n) is 6.38. The highest BCUT2D eigenvalue weighted by molar-refractivity contribution is 7.98. The summed E-state index contributed by atoms with van der Waals surface area (Å²) in [6.07, 6.45) is 1.63. The van der Waals surface area contributed by atoms with Gasteiger partial charge in [0.15, 0.2) is 0 Å². The van der Waals surface area contributed by atoms with Crippen molar-refractivity contribution < 1.29 is 4.74 Å². The van der Waals surface area contributed by atoms with Crippen molar-refractivity contribution in [2.24, 2.45) is 0 Å². The number of aromatic nitrogens is 2. The summed E-state index contributed by atoms with van der Waals surface area (Å²) in [5, 5.41) is 1.03. The fourth-order valence-corrected chi connectivity index (χ4v) is 3.97. The van der Waals surface area contributed by atoms with Crippen LogP contribution in [0.4, 0.5) is 0 Å². The van der Waals surface area contributed by atoms with E-state index < -0.39 is 0 Å². The van der Waals surface area contributed by atoms with Crippen molar-refractivity contribution in [1.82, 2.24) is 9.97 Å². The van der Waals surface area contributed by atoms with Crippen LogP contribution in [0.3, 0.4) is 0 Å². The zero-order valence-corrected chi connectivity index (χ0v) is 16.2. The largest absolute Gasteiger partial charge is 0.496 e. The molecular formula is C23H20N2OS. The predicted octanol–water partition coefficient (Wildman–Crippen LogP) is 5.91. The van der Waals surface area contributed by atoms with Crippen molar-refractivity contribution in [3.63, 3.8) is 0 Å². The first-order chi connectivity index (χ1) is 13.2. The summed E-state index contributed by atoms with van der Waals surface area (Å²) in [5.74, 6) is 1.76. The Balaban J connectivity index is 1.70. The van der Waals surface area contributed by atoms with Crippen LogP contribution < -0.4 is 4.74 Å². The minimum Gasteiger partial charge on any atom is -0.496 e. The first-order valence-corrected chi connectivity index (χ1v) is 9.79. The van der Waals surface area contributed by atoms with Crippen LogP contribution in [0.1, 0.15) is 11.1 Å². The first-order valence-electron chi connectivity index (χ1n) is 8.81. The molecule has 0 saturated heterocycles. The summed E-state index contributed by atoms with van der Waals surface area (Å²) >= 11 is 1.82. The maximum atomic E-state index is 5.55. The second kappa shape index (κ2) is 7.80. The molecule has 0 N–H and O–H groups in total. The summed E-state index contributed by atoms with van der Waals surface area (Å²) in [5.41, 5.74) is 5.33. The molecule has 0 bridgehead atoms. The van der Waals surface area contributed by atoms with Crippen LogP contribution in [0.15, 0.2) is 78.0 Å². The highest BCUT2D eigenvalue weighted by atomic mass is 32.2. The molecule has 27 heavy (non-hydrogen) atoms. The highest BCUT2D eigenvalue weighted by Crippen LogP contribution is 2.35. The van der Waals surface area contributed by atoms with E-state index >= 15 is 0 Å². The van der Waals surface area contributed by atoms with E-state index in [1.165, 1.54) is 16.0 Å². The Hall–Kier alpha value is -2.85. The van der Waals surface area contributed by atoms with Gasteiger partial charge >= 0.3 is 0 Å². The third kappa shape index (κ3) is 3.81. The molecule has 0 radical (unpaired) electrons. The molecule has 0 aliphatic carbocycles. The summed E-state index contributed by atoms with van der Waals surface area (Å²) in [6, 6.07) is 23.0. The van der Waals surface area contributed by atoms with Crippen LogP contribution in [0.25, 0.3) is 22.2 Å². The van der Waals surface area contributed by atoms with Crippen molar-refractivity contribution in [2.75, 3.05) is 7.11 Å². The van der Waals surface area contributed by atoms with Gasteiger partial charge in [-0.3, -0.25) is 0 Å². The summed E-state index contributed by atoms with van der Waals surface area (Å²) in [6.45, 7) is 2.07. The number of rotatable bonds is 5. The van der Waals surface area contributed by atoms with Crippen molar-refractivity contribution in [3.05, 3.63) is 84.2 Å². The van der Waals surface area contributed by atoms with Crippen LogP contribution in [0, 0.1) is 6.92 Å². The van der Waals surface area contributed by atoms with E-state index in [0.29, 0.717) is 0 Å². The van der Waals surface area contributed by atoms with E-state index in [2.05, 4.69) is 65.4 Å². The van der Waals surface area contributed by atoms with Gasteiger partial charge < -0.3 is 4.74 Å². The van der Waals surface area contributed by atoms with E-state index in [9.17, 15) is 0 Å². The van der Waals surface area contributed by atoms with E-state index in [-0.39, 0.29) is 0 Å². The molecule has 0 saturated carbocycles. The molecule has 0 spiro atoms. The van der Waals surface area contributed by atoms with Gasteiger partial charge in [-0.1, -0.05) is 42.0 Å². The van der Waals surface area contributed by atoms with Gasteiger partial charge in [-0.2, -0.15) is 0 Å². The quantitative estimate of drug-likeness (QED) is 0.408. The fraction of sp³-hybridized carbons (Fsp3) is 0.130. The third-order valence-corrected chi connectivity index (χ3v) is 5.53. The highest BCUT2D eigenvalue weighted by Gasteiger charge is 2.12. The Bertz CT molecular complexity index is 1080. The number of thioether (sulfide) groups is 1. The Kier molecular flexibility index (Phi) is 5.07. The van der Waals surface area contributed by atoms with Gasteiger partial charge in [0.2, 0.25) is 0 Å². The van der Waals surface area contributed by atoms with Crippen molar-refractivity contribution in [2.45, 2.75) is 17.6 Å². The molecule has 4 heteroatoms. The minimum absolute atomic E-state index is 0.822. The van der Waals surface area contributed by atoms with E-state index in [4.69, 9.17) is 4.74 Å². The van der Waals surface area contributed by atoms with Gasteiger partial charge in [0.25, 0.3) is 0 Å². The smallest absolute Gasteiger partial charge is 0.128 e. The average molecular weight is 372 g/mol. The van der Waals surface area contributed by atoms with Crippen LogP contribution in [0.5, 0.6) is 5.75 Å². The van der Waals surface area contributed by atoms with Gasteiger partial charge in [-0.25, -0.2) is 9.97 Å². The molecule has 4 rings (SSSR count). The average Bonchev–Trinajstić information content (AvgIpc) is 2.72. The molecule has 134 valence electrons. The number of methoxy groups -OCH3 is 1. The van der Waals surface area contributed by atoms with Gasteiger partial charge in [0, 0.05) is 21.6 Å². The molecule has 4 aromatic rings. The lowest BCUT2D eigenvalue weighted by Gasteiger charge is -2.11. The lowest BCUT2D eigenvalue weighted by Crippen LogP contribution is -1.94. The SMILES string of the molecule is COc1ccc(C)cc1-c1ncnc2cc(SCc3ccccc3)ccc12. The summed E-state index contributed by atoms with van der Waals surface area (Å²) < 4.78 is 5.55. The number of hydrogen-bond acceptors (Lipinski definition) is 4. The van der Waals surface area contributed by atoms with Gasteiger partial charge in [0.1, 0.15) is 12.1 Å². The van der Waals surface area contributed by atoms with Crippen LogP contribution >= 0.6 is 11.8 Å². The molecule has 0 unspecified atom stereocenters. The molecule has 3 nitrogen and oxygen atoms in total. The minimum atomic E-state index is 0.822. The van der Waals surface area contributed by atoms with Crippen LogP contribution in [-0.2, 0) is 5.75 Å². The van der Waals surface area contributed by atoms with Crippen molar-refractivity contribution in [1.29, 1.82) is 0 Å². The van der Waals surface area contributed by atoms with Gasteiger partial charge in [0.05, 0.1) is 18.3 Å². The van der Waals surface area contributed by atoms with E-state index in [0.717, 1.165) is 33.7 Å². The molecule has 0 aliphatic rings. The Morgan fingerprint density at radius 2 is 1.78 bits per heavy atom. The maximum absolute atomic E-state index is 5.55. The topological polar surface area (TPSA) is 35.0 Å². The van der Waals surface area contributed by atoms with Gasteiger partial charge in [-0.15, -0.1) is 11.8 Å². The molecule has 1 heterocycles. The predicted molar refractivity (Wildman–Crippen MR) is 112 cm³/mol. The second-order valence-corrected chi connectivity index (χ2v) is 7.43. The third-order valence-electron chi connectivity index (χ3n) is 4.47. The first kappa shape index (κ1) is 17.6. The molecule has 1 aromatic heterocycles. The number of hydrogen-bond donors (Lipinski definition) is 0. The normalized spacial score (nSPS) is 10.9. The van der Waals surface area contributed by atoms with E-state index in [1.54, 1.807) is 13.4 Å². The molecular weight excluding hydrogens is 352 g/mol. The number of aryl methyl sites for hydroxylation is 1. The Morgan fingerprint density at radius 1 is 0.926 bits per heavy atom. The standard InChI is InChI=1S/C23H20N2OS/c1-16-8-11-22(26-2)20(12-16)23-19-10-9-18(13-21(19)24-15-25-23)27-14-17-6-4-3-5-7-17/h3-13,15H,14H2,1-2H3. The van der Waals surface area contributed by atoms with E-state index in [1.807, 2.05) is 30.0 Å². The molecule has 0 fully saturated rings. The van der Waals surface area contributed by atoms with Gasteiger partial charge in [-0.05, 0) is 42.8 Å². The Morgan fingerprint density at radius 3 is 2.59 bits per heavy atom. The molecule has 0 atom stereocenters. The lowest BCUT2D eigenvalue weighted by atomic mass is 10.0. The number of fused-ring (bicyclic) bond motifs is 1. The fourth-order valence-electron chi connectivity index (χ4n) is 3.09. The number of nitrogens with zero attached hydrogens (tertiary/aromatic N) is 2. The zero-order chi connectivity index (χ0) is 18.6. The van der Waals surface area contributed by atoms with Crippen LogP contribution in [0.2, 0.25) is 0 Å². The molecule has 0 amide bonds. The van der Waals surface area contributed by atoms with Crippen LogP contribution in [-0.4, -0.2) is 17.1 Å². The molecule has 3 aromatic carbocycles. The Labute approximate surface area is 163 Å². The monoisotopic (exact) mass is 372 g/mol. The van der Waals surface area contributed by atoms with Crippen molar-refractivity contribution in [3.8, 4) is 17.0 Å². The summed E-state index contributed by atoms with van der Waals surface area (Å²) in [4.78, 5) is 10.2. The zero-order valence-electron chi connectivity index (χ0n) is 15.3. The lowest BCUT2D eigenvalue weighted by molar-refractivity contribution is 0.416.